The van der Waals surface area contributed by atoms with E-state index in [0.29, 0.717) is 5.39 Å². The van der Waals surface area contributed by atoms with Crippen molar-refractivity contribution in [1.29, 1.82) is 0 Å². The molecule has 0 spiro atoms. The Balaban J connectivity index is 2.35. The molecule has 2 aromatic rings. The van der Waals surface area contributed by atoms with Crippen molar-refractivity contribution >= 4 is 33.2 Å². The van der Waals surface area contributed by atoms with Crippen LogP contribution in [0.15, 0.2) is 36.4 Å². The van der Waals surface area contributed by atoms with Crippen molar-refractivity contribution in [2.45, 2.75) is 0 Å². The van der Waals surface area contributed by atoms with Gasteiger partial charge in [-0.3, -0.25) is 0 Å². The first-order chi connectivity index (χ1) is 9.38. The highest BCUT2D eigenvalue weighted by Crippen LogP contribution is 2.19. The SMILES string of the molecule is CS(=O)(=O)CCOc1ccc2ccccc2c1B(O)O. The zero-order chi connectivity index (χ0) is 14.8. The van der Waals surface area contributed by atoms with E-state index in [2.05, 4.69) is 0 Å². The summed E-state index contributed by atoms with van der Waals surface area (Å²) in [6.07, 6.45) is 1.12. The lowest BCUT2D eigenvalue weighted by Gasteiger charge is -2.13. The van der Waals surface area contributed by atoms with Crippen LogP contribution in [0, 0.1) is 0 Å². The summed E-state index contributed by atoms with van der Waals surface area (Å²) in [5.41, 5.74) is 0.247. The predicted octanol–water partition coefficient (Wildman–Crippen LogP) is -0.0570. The van der Waals surface area contributed by atoms with Gasteiger partial charge in [-0.25, -0.2) is 8.42 Å². The highest BCUT2D eigenvalue weighted by atomic mass is 32.2. The molecule has 0 aliphatic rings. The van der Waals surface area contributed by atoms with E-state index in [1.54, 1.807) is 24.3 Å². The number of hydrogen-bond acceptors (Lipinski definition) is 5. The van der Waals surface area contributed by atoms with Gasteiger partial charge < -0.3 is 14.8 Å². The van der Waals surface area contributed by atoms with Gasteiger partial charge in [0.15, 0.2) is 9.84 Å². The Morgan fingerprint density at radius 3 is 2.50 bits per heavy atom. The molecule has 0 aromatic heterocycles. The molecule has 0 saturated heterocycles. The monoisotopic (exact) mass is 294 g/mol. The lowest BCUT2D eigenvalue weighted by molar-refractivity contribution is 0.341. The van der Waals surface area contributed by atoms with Gasteiger partial charge >= 0.3 is 7.12 Å². The maximum absolute atomic E-state index is 11.1. The maximum atomic E-state index is 11.1. The molecule has 20 heavy (non-hydrogen) atoms. The second kappa shape index (κ2) is 5.82. The quantitative estimate of drug-likeness (QED) is 0.755. The van der Waals surface area contributed by atoms with Gasteiger partial charge in [0.2, 0.25) is 0 Å². The average Bonchev–Trinajstić information content (AvgIpc) is 2.36. The van der Waals surface area contributed by atoms with Gasteiger partial charge in [-0.2, -0.15) is 0 Å². The van der Waals surface area contributed by atoms with Gasteiger partial charge in [0.1, 0.15) is 12.4 Å². The van der Waals surface area contributed by atoms with Gasteiger partial charge in [-0.15, -0.1) is 0 Å². The van der Waals surface area contributed by atoms with Gasteiger partial charge in [0, 0.05) is 11.7 Å². The van der Waals surface area contributed by atoms with E-state index in [0.717, 1.165) is 11.6 Å². The summed E-state index contributed by atoms with van der Waals surface area (Å²) in [5.74, 6) is 0.156. The van der Waals surface area contributed by atoms with E-state index < -0.39 is 17.0 Å². The molecule has 0 bridgehead atoms. The molecule has 7 heteroatoms. The Labute approximate surface area is 117 Å². The Hall–Kier alpha value is -1.57. The molecule has 0 unspecified atom stereocenters. The van der Waals surface area contributed by atoms with Gasteiger partial charge in [-0.05, 0) is 16.8 Å². The number of sulfone groups is 1. The van der Waals surface area contributed by atoms with E-state index >= 15 is 0 Å². The Morgan fingerprint density at radius 2 is 1.85 bits per heavy atom. The van der Waals surface area contributed by atoms with Crippen molar-refractivity contribution in [2.24, 2.45) is 0 Å². The van der Waals surface area contributed by atoms with Gasteiger partial charge in [0.05, 0.1) is 5.75 Å². The summed E-state index contributed by atoms with van der Waals surface area (Å²) in [7, 11) is -4.81. The second-order valence-electron chi connectivity index (χ2n) is 4.55. The van der Waals surface area contributed by atoms with Crippen molar-refractivity contribution in [3.63, 3.8) is 0 Å². The molecule has 0 amide bonds. The molecule has 106 valence electrons. The van der Waals surface area contributed by atoms with E-state index in [4.69, 9.17) is 4.74 Å². The van der Waals surface area contributed by atoms with E-state index in [1.165, 1.54) is 0 Å². The van der Waals surface area contributed by atoms with Crippen LogP contribution in [0.3, 0.4) is 0 Å². The summed E-state index contributed by atoms with van der Waals surface area (Å²) in [6, 6.07) is 10.6. The molecule has 0 saturated carbocycles. The topological polar surface area (TPSA) is 83.8 Å². The summed E-state index contributed by atoms with van der Waals surface area (Å²) >= 11 is 0. The standard InChI is InChI=1S/C13H15BO5S/c1-20(17,18)9-8-19-12-7-6-10-4-2-3-5-11(10)13(12)14(15)16/h2-7,15-16H,8-9H2,1H3. The highest BCUT2D eigenvalue weighted by Gasteiger charge is 2.20. The van der Waals surface area contributed by atoms with Crippen LogP contribution in [0.4, 0.5) is 0 Å². The van der Waals surface area contributed by atoms with Crippen LogP contribution < -0.4 is 10.2 Å². The molecule has 0 heterocycles. The first kappa shape index (κ1) is 14.8. The zero-order valence-corrected chi connectivity index (χ0v) is 11.8. The van der Waals surface area contributed by atoms with E-state index in [-0.39, 0.29) is 23.6 Å². The zero-order valence-electron chi connectivity index (χ0n) is 11.0. The molecule has 0 fully saturated rings. The molecule has 0 radical (unpaired) electrons. The van der Waals surface area contributed by atoms with Crippen LogP contribution in [-0.4, -0.2) is 44.2 Å². The largest absolute Gasteiger partial charge is 0.493 e. The maximum Gasteiger partial charge on any atom is 0.492 e. The normalized spacial score (nSPS) is 11.6. The molecule has 0 aliphatic heterocycles. The molecule has 2 aromatic carbocycles. The van der Waals surface area contributed by atoms with Crippen molar-refractivity contribution in [1.82, 2.24) is 0 Å². The molecular weight excluding hydrogens is 279 g/mol. The number of fused-ring (bicyclic) bond motifs is 1. The Morgan fingerprint density at radius 1 is 1.15 bits per heavy atom. The summed E-state index contributed by atoms with van der Waals surface area (Å²) < 4.78 is 27.5. The third-order valence-electron chi connectivity index (χ3n) is 2.90. The minimum Gasteiger partial charge on any atom is -0.493 e. The molecule has 2 N–H and O–H groups in total. The van der Waals surface area contributed by atoms with Crippen LogP contribution in [0.2, 0.25) is 0 Å². The molecule has 0 aliphatic carbocycles. The average molecular weight is 294 g/mol. The number of hydrogen-bond donors (Lipinski definition) is 2. The fourth-order valence-electron chi connectivity index (χ4n) is 1.97. The smallest absolute Gasteiger partial charge is 0.492 e. The fraction of sp³-hybridized carbons (Fsp3) is 0.231. The van der Waals surface area contributed by atoms with Crippen LogP contribution in [0.25, 0.3) is 10.8 Å². The minimum atomic E-state index is -3.12. The molecule has 0 atom stereocenters. The Bertz CT molecular complexity index is 712. The minimum absolute atomic E-state index is 0.0309. The van der Waals surface area contributed by atoms with Gasteiger partial charge in [-0.1, -0.05) is 30.3 Å². The van der Waals surface area contributed by atoms with Crippen molar-refractivity contribution < 1.29 is 23.2 Å². The predicted molar refractivity (Wildman–Crippen MR) is 79.0 cm³/mol. The lowest BCUT2D eigenvalue weighted by atomic mass is 9.76. The molecule has 2 rings (SSSR count). The lowest BCUT2D eigenvalue weighted by Crippen LogP contribution is -2.32. The molecule has 5 nitrogen and oxygen atoms in total. The van der Waals surface area contributed by atoms with Crippen molar-refractivity contribution in [3.8, 4) is 5.75 Å². The van der Waals surface area contributed by atoms with Crippen LogP contribution in [0.5, 0.6) is 5.75 Å². The van der Waals surface area contributed by atoms with Crippen LogP contribution in [0.1, 0.15) is 0 Å². The Kier molecular flexibility index (Phi) is 4.32. The summed E-state index contributed by atoms with van der Waals surface area (Å²) in [4.78, 5) is 0. The second-order valence-corrected chi connectivity index (χ2v) is 6.81. The molecular formula is C13H15BO5S. The number of benzene rings is 2. The van der Waals surface area contributed by atoms with Crippen LogP contribution in [-0.2, 0) is 9.84 Å². The summed E-state index contributed by atoms with van der Waals surface area (Å²) in [5, 5.41) is 20.6. The third-order valence-corrected chi connectivity index (χ3v) is 3.81. The fourth-order valence-corrected chi connectivity index (χ4v) is 2.36. The summed E-state index contributed by atoms with van der Waals surface area (Å²) in [6.45, 7) is -0.0309. The first-order valence-corrected chi connectivity index (χ1v) is 8.13. The van der Waals surface area contributed by atoms with Crippen molar-refractivity contribution in [2.75, 3.05) is 18.6 Å². The number of rotatable bonds is 5. The first-order valence-electron chi connectivity index (χ1n) is 6.07. The van der Waals surface area contributed by atoms with Gasteiger partial charge in [0.25, 0.3) is 0 Å². The van der Waals surface area contributed by atoms with E-state index in [9.17, 15) is 18.5 Å². The van der Waals surface area contributed by atoms with Crippen molar-refractivity contribution in [3.05, 3.63) is 36.4 Å². The van der Waals surface area contributed by atoms with Crippen LogP contribution >= 0.6 is 0 Å². The highest BCUT2D eigenvalue weighted by molar-refractivity contribution is 7.90. The third kappa shape index (κ3) is 3.50. The number of ether oxygens (including phenoxy) is 1. The van der Waals surface area contributed by atoms with E-state index in [1.807, 2.05) is 12.1 Å².